The maximum Gasteiger partial charge on any atom is 0.272 e. The molecule has 120 valence electrons. The van der Waals surface area contributed by atoms with Crippen molar-refractivity contribution in [2.45, 2.75) is 38.9 Å². The third kappa shape index (κ3) is 3.97. The summed E-state index contributed by atoms with van der Waals surface area (Å²) < 4.78 is 31.7. The molecule has 2 N–H and O–H groups in total. The Labute approximate surface area is 128 Å². The van der Waals surface area contributed by atoms with E-state index < -0.39 is 15.6 Å². The molecule has 7 nitrogen and oxygen atoms in total. The Morgan fingerprint density at radius 1 is 1.32 bits per heavy atom. The molecule has 0 aliphatic carbocycles. The zero-order valence-corrected chi connectivity index (χ0v) is 13.7. The van der Waals surface area contributed by atoms with E-state index in [2.05, 4.69) is 14.9 Å². The van der Waals surface area contributed by atoms with E-state index in [9.17, 15) is 13.2 Å². The molecular weight excluding hydrogens is 306 g/mol. The summed E-state index contributed by atoms with van der Waals surface area (Å²) in [7, 11) is -3.75. The second kappa shape index (κ2) is 5.60. The standard InChI is InChI=1S/C14H19N3O4S/c1-9-5-6-11(13(18)15-9)17-22(19,20)8-10-7-12(21-16-10)14(2,3)4/h5-7,17H,8H2,1-4H3,(H,15,18). The van der Waals surface area contributed by atoms with E-state index in [1.54, 1.807) is 19.1 Å². The normalized spacial score (nSPS) is 12.4. The monoisotopic (exact) mass is 325 g/mol. The molecule has 8 heteroatoms. The Kier molecular flexibility index (Phi) is 4.15. The van der Waals surface area contributed by atoms with Crippen molar-refractivity contribution in [2.24, 2.45) is 0 Å². The van der Waals surface area contributed by atoms with Crippen LogP contribution in [0, 0.1) is 6.92 Å². The Morgan fingerprint density at radius 2 is 2.00 bits per heavy atom. The van der Waals surface area contributed by atoms with Gasteiger partial charge in [-0.1, -0.05) is 25.9 Å². The highest BCUT2D eigenvalue weighted by molar-refractivity contribution is 7.91. The van der Waals surface area contributed by atoms with Gasteiger partial charge in [0, 0.05) is 17.2 Å². The minimum atomic E-state index is -3.75. The molecule has 2 aromatic rings. The van der Waals surface area contributed by atoms with Crippen LogP contribution in [0.15, 0.2) is 27.5 Å². The largest absolute Gasteiger partial charge is 0.361 e. The van der Waals surface area contributed by atoms with Crippen molar-refractivity contribution in [3.8, 4) is 0 Å². The molecule has 0 saturated heterocycles. The van der Waals surface area contributed by atoms with E-state index >= 15 is 0 Å². The van der Waals surface area contributed by atoms with Crippen molar-refractivity contribution in [3.05, 3.63) is 45.7 Å². The molecule has 0 atom stereocenters. The number of hydrogen-bond donors (Lipinski definition) is 2. The van der Waals surface area contributed by atoms with Crippen LogP contribution in [0.4, 0.5) is 5.69 Å². The Hall–Kier alpha value is -2.09. The summed E-state index contributed by atoms with van der Waals surface area (Å²) >= 11 is 0. The van der Waals surface area contributed by atoms with Crippen molar-refractivity contribution < 1.29 is 12.9 Å². The molecule has 0 saturated carbocycles. The van der Waals surface area contributed by atoms with Crippen LogP contribution >= 0.6 is 0 Å². The van der Waals surface area contributed by atoms with Gasteiger partial charge in [0.05, 0.1) is 0 Å². The summed E-state index contributed by atoms with van der Waals surface area (Å²) in [5.41, 5.74) is 0.181. The summed E-state index contributed by atoms with van der Waals surface area (Å²) in [6.07, 6.45) is 0. The molecule has 2 rings (SSSR count). The van der Waals surface area contributed by atoms with Crippen molar-refractivity contribution in [2.75, 3.05) is 4.72 Å². The van der Waals surface area contributed by atoms with Crippen LogP contribution in [0.2, 0.25) is 0 Å². The third-order valence-corrected chi connectivity index (χ3v) is 4.16. The van der Waals surface area contributed by atoms with Crippen LogP contribution in [-0.4, -0.2) is 18.6 Å². The highest BCUT2D eigenvalue weighted by atomic mass is 32.2. The Bertz CT molecular complexity index is 828. The lowest BCUT2D eigenvalue weighted by molar-refractivity contribution is 0.327. The number of aromatic amines is 1. The smallest absolute Gasteiger partial charge is 0.272 e. The first-order chi connectivity index (χ1) is 10.1. The van der Waals surface area contributed by atoms with Gasteiger partial charge in [-0.05, 0) is 19.1 Å². The molecule has 0 aliphatic heterocycles. The molecule has 0 unspecified atom stereocenters. The van der Waals surface area contributed by atoms with Gasteiger partial charge in [-0.25, -0.2) is 8.42 Å². The van der Waals surface area contributed by atoms with Crippen molar-refractivity contribution >= 4 is 15.7 Å². The second-order valence-corrected chi connectivity index (χ2v) is 7.90. The minimum Gasteiger partial charge on any atom is -0.361 e. The number of pyridine rings is 1. The summed E-state index contributed by atoms with van der Waals surface area (Å²) in [4.78, 5) is 14.2. The average Bonchev–Trinajstić information content (AvgIpc) is 2.80. The van der Waals surface area contributed by atoms with Gasteiger partial charge in [-0.15, -0.1) is 0 Å². The highest BCUT2D eigenvalue weighted by Crippen LogP contribution is 2.23. The molecule has 0 spiro atoms. The molecule has 0 aliphatic rings. The molecular formula is C14H19N3O4S. The van der Waals surface area contributed by atoms with E-state index in [1.165, 1.54) is 6.07 Å². The van der Waals surface area contributed by atoms with Gasteiger partial charge in [-0.2, -0.15) is 0 Å². The van der Waals surface area contributed by atoms with Crippen LogP contribution in [0.1, 0.15) is 37.9 Å². The first kappa shape index (κ1) is 16.3. The number of sulfonamides is 1. The summed E-state index contributed by atoms with van der Waals surface area (Å²) in [5, 5.41) is 3.77. The fourth-order valence-electron chi connectivity index (χ4n) is 1.78. The molecule has 22 heavy (non-hydrogen) atoms. The lowest BCUT2D eigenvalue weighted by Gasteiger charge is -2.12. The number of nitrogens with zero attached hydrogens (tertiary/aromatic N) is 1. The highest BCUT2D eigenvalue weighted by Gasteiger charge is 2.22. The molecule has 0 bridgehead atoms. The average molecular weight is 325 g/mol. The number of rotatable bonds is 4. The van der Waals surface area contributed by atoms with E-state index in [4.69, 9.17) is 4.52 Å². The first-order valence-corrected chi connectivity index (χ1v) is 8.38. The van der Waals surface area contributed by atoms with Crippen LogP contribution in [0.25, 0.3) is 0 Å². The maximum absolute atomic E-state index is 12.1. The summed E-state index contributed by atoms with van der Waals surface area (Å²) in [5.74, 6) is 0.241. The lowest BCUT2D eigenvalue weighted by Crippen LogP contribution is -2.21. The SMILES string of the molecule is Cc1ccc(NS(=O)(=O)Cc2cc(C(C)(C)C)on2)c(=O)[nH]1. The molecule has 0 radical (unpaired) electrons. The number of H-pyrrole nitrogens is 1. The van der Waals surface area contributed by atoms with Gasteiger partial charge >= 0.3 is 0 Å². The van der Waals surface area contributed by atoms with Crippen molar-refractivity contribution in [3.63, 3.8) is 0 Å². The second-order valence-electron chi connectivity index (χ2n) is 6.18. The molecule has 0 amide bonds. The number of aryl methyl sites for hydroxylation is 1. The fraction of sp³-hybridized carbons (Fsp3) is 0.429. The van der Waals surface area contributed by atoms with E-state index in [1.807, 2.05) is 20.8 Å². The molecule has 2 aromatic heterocycles. The predicted molar refractivity (Wildman–Crippen MR) is 83.2 cm³/mol. The summed E-state index contributed by atoms with van der Waals surface area (Å²) in [6, 6.07) is 4.65. The summed E-state index contributed by atoms with van der Waals surface area (Å²) in [6.45, 7) is 7.53. The van der Waals surface area contributed by atoms with E-state index in [-0.39, 0.29) is 16.9 Å². The van der Waals surface area contributed by atoms with Crippen molar-refractivity contribution in [1.82, 2.24) is 10.1 Å². The Balaban J connectivity index is 2.18. The predicted octanol–water partition coefficient (Wildman–Crippen LogP) is 1.91. The minimum absolute atomic E-state index is 0.0230. The van der Waals surface area contributed by atoms with Crippen LogP contribution in [-0.2, 0) is 21.2 Å². The van der Waals surface area contributed by atoms with Gasteiger partial charge < -0.3 is 9.51 Å². The fourth-order valence-corrected chi connectivity index (χ4v) is 2.88. The van der Waals surface area contributed by atoms with Crippen molar-refractivity contribution in [1.29, 1.82) is 0 Å². The number of nitrogens with one attached hydrogen (secondary N) is 2. The quantitative estimate of drug-likeness (QED) is 0.893. The number of anilines is 1. The number of aromatic nitrogens is 2. The van der Waals surface area contributed by atoms with E-state index in [0.717, 1.165) is 0 Å². The number of hydrogen-bond acceptors (Lipinski definition) is 5. The molecule has 0 fully saturated rings. The molecule has 2 heterocycles. The van der Waals surface area contributed by atoms with Gasteiger partial charge in [0.2, 0.25) is 10.0 Å². The zero-order chi connectivity index (χ0) is 16.5. The Morgan fingerprint density at radius 3 is 2.55 bits per heavy atom. The van der Waals surface area contributed by atoms with Crippen LogP contribution in [0.5, 0.6) is 0 Å². The van der Waals surface area contributed by atoms with Gasteiger partial charge in [0.1, 0.15) is 22.9 Å². The molecule has 0 aromatic carbocycles. The topological polar surface area (TPSA) is 105 Å². The lowest BCUT2D eigenvalue weighted by atomic mass is 9.93. The van der Waals surface area contributed by atoms with Gasteiger partial charge in [-0.3, -0.25) is 9.52 Å². The van der Waals surface area contributed by atoms with E-state index in [0.29, 0.717) is 17.1 Å². The first-order valence-electron chi connectivity index (χ1n) is 6.73. The van der Waals surface area contributed by atoms with Crippen LogP contribution in [0.3, 0.4) is 0 Å². The van der Waals surface area contributed by atoms with Gasteiger partial charge in [0.25, 0.3) is 5.56 Å². The van der Waals surface area contributed by atoms with Gasteiger partial charge in [0.15, 0.2) is 0 Å². The third-order valence-electron chi connectivity index (χ3n) is 2.96. The zero-order valence-electron chi connectivity index (χ0n) is 12.9. The van der Waals surface area contributed by atoms with Crippen LogP contribution < -0.4 is 10.3 Å². The maximum atomic E-state index is 12.1.